The van der Waals surface area contributed by atoms with E-state index in [-0.39, 0.29) is 18.3 Å². The Bertz CT molecular complexity index is 709. The maximum atomic E-state index is 11.9. The lowest BCUT2D eigenvalue weighted by atomic mass is 10.0. The Morgan fingerprint density at radius 2 is 2.00 bits per heavy atom. The van der Waals surface area contributed by atoms with Gasteiger partial charge in [0, 0.05) is 6.04 Å². The first-order valence-corrected chi connectivity index (χ1v) is 10.1. The molecule has 1 aliphatic rings. The number of hydrogen-bond donors (Lipinski definition) is 1. The summed E-state index contributed by atoms with van der Waals surface area (Å²) in [6, 6.07) is 8.32. The van der Waals surface area contributed by atoms with Crippen LogP contribution in [0, 0.1) is 0 Å². The van der Waals surface area contributed by atoms with E-state index in [0.717, 1.165) is 18.6 Å². The molecule has 0 bridgehead atoms. The molecule has 3 rings (SSSR count). The number of nitrogens with one attached hydrogen (secondary N) is 1. The van der Waals surface area contributed by atoms with E-state index in [1.54, 1.807) is 0 Å². The van der Waals surface area contributed by atoms with Gasteiger partial charge in [-0.25, -0.2) is 0 Å². The molecule has 1 aromatic heterocycles. The summed E-state index contributed by atoms with van der Waals surface area (Å²) in [4.78, 5) is 11.9. The molecule has 0 aliphatic heterocycles. The van der Waals surface area contributed by atoms with Crippen molar-refractivity contribution in [2.45, 2.75) is 63.3 Å². The van der Waals surface area contributed by atoms with Crippen LogP contribution in [0.25, 0.3) is 0 Å². The molecule has 140 valence electrons. The molecule has 1 saturated carbocycles. The van der Waals surface area contributed by atoms with Gasteiger partial charge in [-0.05, 0) is 36.5 Å². The molecular weight excluding hydrogens is 350 g/mol. The van der Waals surface area contributed by atoms with Crippen LogP contribution in [0.5, 0.6) is 5.75 Å². The number of hydrogen-bond acceptors (Lipinski definition) is 6. The number of thioether (sulfide) groups is 1. The van der Waals surface area contributed by atoms with Gasteiger partial charge < -0.3 is 14.5 Å². The molecule has 1 amide bonds. The highest BCUT2D eigenvalue weighted by Gasteiger charge is 2.18. The zero-order valence-electron chi connectivity index (χ0n) is 15.2. The average molecular weight is 375 g/mol. The van der Waals surface area contributed by atoms with Crippen LogP contribution in [-0.4, -0.2) is 27.9 Å². The highest BCUT2D eigenvalue weighted by atomic mass is 32.2. The molecule has 1 aliphatic carbocycles. The maximum Gasteiger partial charge on any atom is 0.277 e. The lowest BCUT2D eigenvalue weighted by Crippen LogP contribution is -2.33. The highest BCUT2D eigenvalue weighted by Crippen LogP contribution is 2.21. The van der Waals surface area contributed by atoms with E-state index in [9.17, 15) is 4.79 Å². The third kappa shape index (κ3) is 5.49. The Balaban J connectivity index is 1.41. The fourth-order valence-corrected chi connectivity index (χ4v) is 3.51. The summed E-state index contributed by atoms with van der Waals surface area (Å²) in [5, 5.41) is 11.3. The average Bonchev–Trinajstić information content (AvgIpc) is 3.30. The SMILES string of the molecule is CC(C)c1ccc(OCc2nnc(SCC(=O)NC3CCCC3)o2)cc1. The standard InChI is InChI=1S/C19H25N3O3S/c1-13(2)14-7-9-16(10-8-14)24-11-18-21-22-19(25-18)26-12-17(23)20-15-5-3-4-6-15/h7-10,13,15H,3-6,11-12H2,1-2H3,(H,20,23). The van der Waals surface area contributed by atoms with Crippen LogP contribution in [0.3, 0.4) is 0 Å². The maximum absolute atomic E-state index is 11.9. The number of carbonyl (C=O) groups excluding carboxylic acids is 1. The zero-order valence-corrected chi connectivity index (χ0v) is 16.1. The number of amides is 1. The lowest BCUT2D eigenvalue weighted by molar-refractivity contribution is -0.119. The summed E-state index contributed by atoms with van der Waals surface area (Å²) >= 11 is 1.25. The fraction of sp³-hybridized carbons (Fsp3) is 0.526. The second-order valence-corrected chi connectivity index (χ2v) is 7.74. The van der Waals surface area contributed by atoms with Gasteiger partial charge in [0.15, 0.2) is 6.61 Å². The minimum Gasteiger partial charge on any atom is -0.484 e. The molecule has 26 heavy (non-hydrogen) atoms. The van der Waals surface area contributed by atoms with Crippen LogP contribution in [-0.2, 0) is 11.4 Å². The first-order chi connectivity index (χ1) is 12.6. The van der Waals surface area contributed by atoms with Crippen molar-refractivity contribution in [1.82, 2.24) is 15.5 Å². The monoisotopic (exact) mass is 375 g/mol. The molecule has 0 unspecified atom stereocenters. The normalized spacial score (nSPS) is 14.7. The topological polar surface area (TPSA) is 77.2 Å². The molecule has 1 fully saturated rings. The second kappa shape index (κ2) is 9.07. The summed E-state index contributed by atoms with van der Waals surface area (Å²) < 4.78 is 11.2. The highest BCUT2D eigenvalue weighted by molar-refractivity contribution is 7.99. The van der Waals surface area contributed by atoms with Crippen LogP contribution in [0.1, 0.15) is 56.9 Å². The van der Waals surface area contributed by atoms with Crippen LogP contribution in [0.4, 0.5) is 0 Å². The van der Waals surface area contributed by atoms with Crippen molar-refractivity contribution in [3.8, 4) is 5.75 Å². The number of benzene rings is 1. The van der Waals surface area contributed by atoms with E-state index in [4.69, 9.17) is 9.15 Å². The molecule has 7 heteroatoms. The fourth-order valence-electron chi connectivity index (χ4n) is 2.92. The molecule has 0 spiro atoms. The predicted octanol–water partition coefficient (Wildman–Crippen LogP) is 3.92. The molecule has 0 radical (unpaired) electrons. The van der Waals surface area contributed by atoms with Crippen molar-refractivity contribution in [2.24, 2.45) is 0 Å². The molecular formula is C19H25N3O3S. The Morgan fingerprint density at radius 1 is 1.27 bits per heavy atom. The van der Waals surface area contributed by atoms with Crippen molar-refractivity contribution in [3.63, 3.8) is 0 Å². The Labute approximate surface area is 158 Å². The molecule has 2 aromatic rings. The Kier molecular flexibility index (Phi) is 6.55. The van der Waals surface area contributed by atoms with Crippen molar-refractivity contribution < 1.29 is 13.9 Å². The summed E-state index contributed by atoms with van der Waals surface area (Å²) in [6.45, 7) is 4.52. The molecule has 6 nitrogen and oxygen atoms in total. The van der Waals surface area contributed by atoms with Gasteiger partial charge in [0.25, 0.3) is 11.1 Å². The van der Waals surface area contributed by atoms with Crippen LogP contribution < -0.4 is 10.1 Å². The first kappa shape index (κ1) is 18.8. The molecule has 0 atom stereocenters. The van der Waals surface area contributed by atoms with E-state index in [2.05, 4.69) is 41.5 Å². The van der Waals surface area contributed by atoms with Crippen LogP contribution in [0.15, 0.2) is 33.9 Å². The number of aromatic nitrogens is 2. The van der Waals surface area contributed by atoms with E-state index < -0.39 is 0 Å². The first-order valence-electron chi connectivity index (χ1n) is 9.07. The van der Waals surface area contributed by atoms with Gasteiger partial charge in [-0.15, -0.1) is 10.2 Å². The van der Waals surface area contributed by atoms with E-state index in [0.29, 0.717) is 23.1 Å². The van der Waals surface area contributed by atoms with Gasteiger partial charge in [0.05, 0.1) is 5.75 Å². The molecule has 1 N–H and O–H groups in total. The zero-order chi connectivity index (χ0) is 18.4. The minimum atomic E-state index is 0.0168. The third-order valence-electron chi connectivity index (χ3n) is 4.40. The molecule has 1 heterocycles. The van der Waals surface area contributed by atoms with Gasteiger partial charge in [-0.3, -0.25) is 4.79 Å². The summed E-state index contributed by atoms with van der Waals surface area (Å²) in [5.74, 6) is 1.96. The van der Waals surface area contributed by atoms with Crippen LogP contribution >= 0.6 is 11.8 Å². The lowest BCUT2D eigenvalue weighted by Gasteiger charge is -2.10. The predicted molar refractivity (Wildman–Crippen MR) is 100 cm³/mol. The number of rotatable bonds is 8. The van der Waals surface area contributed by atoms with Crippen LogP contribution in [0.2, 0.25) is 0 Å². The van der Waals surface area contributed by atoms with Crippen molar-refractivity contribution in [1.29, 1.82) is 0 Å². The summed E-state index contributed by atoms with van der Waals surface area (Å²) in [5.41, 5.74) is 1.27. The third-order valence-corrected chi connectivity index (χ3v) is 5.22. The summed E-state index contributed by atoms with van der Waals surface area (Å²) in [6.07, 6.45) is 4.56. The quantitative estimate of drug-likeness (QED) is 0.705. The summed E-state index contributed by atoms with van der Waals surface area (Å²) in [7, 11) is 0. The number of ether oxygens (including phenoxy) is 1. The van der Waals surface area contributed by atoms with E-state index >= 15 is 0 Å². The second-order valence-electron chi connectivity index (χ2n) is 6.81. The van der Waals surface area contributed by atoms with Gasteiger partial charge in [-0.2, -0.15) is 0 Å². The van der Waals surface area contributed by atoms with Gasteiger partial charge in [-0.1, -0.05) is 50.6 Å². The van der Waals surface area contributed by atoms with E-state index in [1.807, 2.05) is 12.1 Å². The molecule has 0 saturated heterocycles. The van der Waals surface area contributed by atoms with Gasteiger partial charge in [0.2, 0.25) is 5.91 Å². The van der Waals surface area contributed by atoms with E-state index in [1.165, 1.54) is 30.2 Å². The Morgan fingerprint density at radius 3 is 2.69 bits per heavy atom. The van der Waals surface area contributed by atoms with Gasteiger partial charge in [0.1, 0.15) is 5.75 Å². The van der Waals surface area contributed by atoms with Crippen molar-refractivity contribution in [2.75, 3.05) is 5.75 Å². The van der Waals surface area contributed by atoms with Gasteiger partial charge >= 0.3 is 0 Å². The van der Waals surface area contributed by atoms with Crippen molar-refractivity contribution in [3.05, 3.63) is 35.7 Å². The Hall–Kier alpha value is -2.02. The smallest absolute Gasteiger partial charge is 0.277 e. The van der Waals surface area contributed by atoms with Crippen molar-refractivity contribution >= 4 is 17.7 Å². The number of nitrogens with zero attached hydrogens (tertiary/aromatic N) is 2. The number of carbonyl (C=O) groups is 1. The molecule has 1 aromatic carbocycles. The largest absolute Gasteiger partial charge is 0.484 e. The minimum absolute atomic E-state index is 0.0168.